The van der Waals surface area contributed by atoms with Crippen molar-refractivity contribution in [2.45, 2.75) is 28.3 Å². The first-order valence-electron chi connectivity index (χ1n) is 12.6. The third-order valence-corrected chi connectivity index (χ3v) is 8.99. The van der Waals surface area contributed by atoms with Gasteiger partial charge in [-0.15, -0.1) is 23.2 Å². The first-order valence-corrected chi connectivity index (χ1v) is 14.5. The summed E-state index contributed by atoms with van der Waals surface area (Å²) in [6.45, 7) is 0. The van der Waals surface area contributed by atoms with E-state index in [1.807, 2.05) is 0 Å². The van der Waals surface area contributed by atoms with Crippen LogP contribution in [-0.2, 0) is 9.59 Å². The number of anilines is 3. The molecule has 2 atom stereocenters. The number of halogens is 16. The van der Waals surface area contributed by atoms with Crippen LogP contribution in [0.2, 0.25) is 15.1 Å². The highest BCUT2D eigenvalue weighted by Crippen LogP contribution is 2.65. The van der Waals surface area contributed by atoms with Gasteiger partial charge in [0.05, 0.1) is 32.2 Å². The van der Waals surface area contributed by atoms with Gasteiger partial charge in [-0.2, -0.15) is 30.7 Å². The molecule has 4 rings (SSSR count). The van der Waals surface area contributed by atoms with E-state index in [1.165, 1.54) is 17.4 Å². The molecule has 0 bridgehead atoms. The maximum Gasteiger partial charge on any atom is 0.460 e. The van der Waals surface area contributed by atoms with E-state index in [4.69, 9.17) is 58.0 Å². The largest absolute Gasteiger partial charge is 0.460 e. The van der Waals surface area contributed by atoms with Crippen LogP contribution in [0.3, 0.4) is 0 Å². The van der Waals surface area contributed by atoms with E-state index in [0.29, 0.717) is 12.1 Å². The van der Waals surface area contributed by atoms with Gasteiger partial charge in [-0.1, -0.05) is 34.8 Å². The summed E-state index contributed by atoms with van der Waals surface area (Å²) in [4.78, 5) is 37.4. The van der Waals surface area contributed by atoms with Crippen molar-refractivity contribution in [3.63, 3.8) is 0 Å². The first-order chi connectivity index (χ1) is 22.3. The van der Waals surface area contributed by atoms with Gasteiger partial charge >= 0.3 is 23.9 Å². The van der Waals surface area contributed by atoms with Gasteiger partial charge in [0.1, 0.15) is 15.8 Å². The standard InChI is InChI=1S/C27H11Cl5F11N3O3/c28-10-3-7(4-11(29)17(10)30)15-16(24(15,31)32)22(48)44-8-5-9(18(35)13(34)6-8)21(47)46-20-12(33)1-2-14(19(20)36)45-23(49)25(37,38)26(39,40)27(41,42)43/h1-6,15-16H,(H,44,48)(H,45,49)(H,46,47)/t15-,16+/m0/s1. The Kier molecular flexibility index (Phi) is 10.3. The van der Waals surface area contributed by atoms with Crippen molar-refractivity contribution in [2.75, 3.05) is 16.0 Å². The van der Waals surface area contributed by atoms with E-state index in [9.17, 15) is 62.7 Å². The second-order valence-electron chi connectivity index (χ2n) is 10.1. The summed E-state index contributed by atoms with van der Waals surface area (Å²) in [6.07, 6.45) is -6.93. The molecule has 0 heterocycles. The first kappa shape index (κ1) is 38.6. The van der Waals surface area contributed by atoms with Crippen LogP contribution in [0, 0.1) is 29.2 Å². The van der Waals surface area contributed by atoms with Crippen molar-refractivity contribution in [3.05, 3.63) is 85.9 Å². The number of rotatable bonds is 8. The summed E-state index contributed by atoms with van der Waals surface area (Å²) in [5, 5.41) is 4.19. The minimum Gasteiger partial charge on any atom is -0.326 e. The summed E-state index contributed by atoms with van der Waals surface area (Å²) in [7, 11) is 0. The molecule has 1 aliphatic carbocycles. The molecule has 3 aromatic rings. The van der Waals surface area contributed by atoms with Crippen LogP contribution in [0.15, 0.2) is 36.4 Å². The van der Waals surface area contributed by atoms with Gasteiger partial charge in [0.2, 0.25) is 5.91 Å². The zero-order valence-electron chi connectivity index (χ0n) is 22.9. The van der Waals surface area contributed by atoms with Gasteiger partial charge in [-0.25, -0.2) is 17.6 Å². The van der Waals surface area contributed by atoms with E-state index in [1.54, 1.807) is 0 Å². The topological polar surface area (TPSA) is 87.3 Å². The number of hydrogen-bond acceptors (Lipinski definition) is 3. The van der Waals surface area contributed by atoms with Gasteiger partial charge in [-0.05, 0) is 35.9 Å². The number of carbonyl (C=O) groups excluding carboxylic acids is 3. The summed E-state index contributed by atoms with van der Waals surface area (Å²) in [5.41, 5.74) is -5.04. The van der Waals surface area contributed by atoms with Gasteiger partial charge in [0, 0.05) is 17.7 Å². The van der Waals surface area contributed by atoms with E-state index >= 15 is 0 Å². The molecule has 0 aliphatic heterocycles. The Bertz CT molecular complexity index is 1870. The van der Waals surface area contributed by atoms with E-state index < -0.39 is 97.8 Å². The fourth-order valence-corrected chi connectivity index (χ4v) is 5.78. The summed E-state index contributed by atoms with van der Waals surface area (Å²) in [5.74, 6) is -29.7. The molecule has 3 amide bonds. The molecule has 49 heavy (non-hydrogen) atoms. The summed E-state index contributed by atoms with van der Waals surface area (Å²) in [6, 6.07) is 3.74. The number of carbonyl (C=O) groups is 3. The van der Waals surface area contributed by atoms with E-state index in [2.05, 4.69) is 5.32 Å². The summed E-state index contributed by atoms with van der Waals surface area (Å²) < 4.78 is 148. The predicted octanol–water partition coefficient (Wildman–Crippen LogP) is 9.75. The SMILES string of the molecule is O=C(Nc1c(F)ccc(NC(=O)C(F)(F)C(F)(F)C(F)(F)F)c1F)c1cc(NC(=O)[C@H]2[C@H](c3cc(Cl)c(Cl)c(Cl)c3)C2(Cl)Cl)cc(F)c1F. The Labute approximate surface area is 290 Å². The van der Waals surface area contributed by atoms with E-state index in [-0.39, 0.29) is 32.8 Å². The molecule has 1 fully saturated rings. The molecule has 1 saturated carbocycles. The molecular formula is C27H11Cl5F11N3O3. The Morgan fingerprint density at radius 1 is 0.735 bits per heavy atom. The molecule has 0 aromatic heterocycles. The smallest absolute Gasteiger partial charge is 0.326 e. The van der Waals surface area contributed by atoms with E-state index in [0.717, 1.165) is 5.32 Å². The number of amides is 3. The molecule has 0 unspecified atom stereocenters. The number of nitrogens with one attached hydrogen (secondary N) is 3. The third-order valence-electron chi connectivity index (χ3n) is 6.86. The summed E-state index contributed by atoms with van der Waals surface area (Å²) >= 11 is 30.4. The van der Waals surface area contributed by atoms with Crippen LogP contribution in [-0.4, -0.2) is 40.1 Å². The molecule has 0 radical (unpaired) electrons. The number of benzene rings is 3. The predicted molar refractivity (Wildman–Crippen MR) is 156 cm³/mol. The van der Waals surface area contributed by atoms with Gasteiger partial charge in [0.15, 0.2) is 17.5 Å². The second-order valence-corrected chi connectivity index (χ2v) is 12.7. The highest BCUT2D eigenvalue weighted by Gasteiger charge is 2.76. The van der Waals surface area contributed by atoms with Crippen molar-refractivity contribution in [1.82, 2.24) is 0 Å². The lowest BCUT2D eigenvalue weighted by atomic mass is 10.1. The maximum absolute atomic E-state index is 14.9. The molecule has 264 valence electrons. The van der Waals surface area contributed by atoms with Gasteiger partial charge in [0.25, 0.3) is 5.91 Å². The minimum atomic E-state index is -6.94. The van der Waals surface area contributed by atoms with Gasteiger partial charge < -0.3 is 16.0 Å². The fourth-order valence-electron chi connectivity index (χ4n) is 4.33. The maximum atomic E-state index is 14.9. The molecule has 3 N–H and O–H groups in total. The lowest BCUT2D eigenvalue weighted by Crippen LogP contribution is -2.57. The average molecular weight is 812 g/mol. The van der Waals surface area contributed by atoms with Crippen molar-refractivity contribution in [1.29, 1.82) is 0 Å². The number of alkyl halides is 9. The van der Waals surface area contributed by atoms with Crippen molar-refractivity contribution < 1.29 is 62.7 Å². The van der Waals surface area contributed by atoms with Crippen molar-refractivity contribution in [3.8, 4) is 0 Å². The quantitative estimate of drug-likeness (QED) is 0.120. The Morgan fingerprint density at radius 3 is 1.86 bits per heavy atom. The van der Waals surface area contributed by atoms with Crippen molar-refractivity contribution in [2.24, 2.45) is 5.92 Å². The molecule has 1 aliphatic rings. The molecule has 22 heteroatoms. The highest BCUT2D eigenvalue weighted by atomic mass is 35.5. The zero-order chi connectivity index (χ0) is 37.2. The monoisotopic (exact) mass is 809 g/mol. The Balaban J connectivity index is 1.57. The molecule has 0 spiro atoms. The molecule has 3 aromatic carbocycles. The van der Waals surface area contributed by atoms with Crippen LogP contribution < -0.4 is 16.0 Å². The number of hydrogen-bond donors (Lipinski definition) is 3. The minimum absolute atomic E-state index is 0.0144. The molecular weight excluding hydrogens is 801 g/mol. The second kappa shape index (κ2) is 13.1. The van der Waals surface area contributed by atoms with Crippen LogP contribution in [0.5, 0.6) is 0 Å². The van der Waals surface area contributed by atoms with Crippen LogP contribution in [0.1, 0.15) is 21.8 Å². The van der Waals surface area contributed by atoms with Crippen molar-refractivity contribution >= 4 is 92.8 Å². The van der Waals surface area contributed by atoms with Crippen LogP contribution in [0.25, 0.3) is 0 Å². The molecule has 0 saturated heterocycles. The Hall–Kier alpha value is -3.25. The third kappa shape index (κ3) is 7.04. The normalized spacial score (nSPS) is 17.4. The lowest BCUT2D eigenvalue weighted by molar-refractivity contribution is -0.343. The highest BCUT2D eigenvalue weighted by molar-refractivity contribution is 6.54. The van der Waals surface area contributed by atoms with Gasteiger partial charge in [-0.3, -0.25) is 14.4 Å². The Morgan fingerprint density at radius 2 is 1.31 bits per heavy atom. The fraction of sp³-hybridized carbons (Fsp3) is 0.222. The lowest BCUT2D eigenvalue weighted by Gasteiger charge is -2.27. The molecule has 6 nitrogen and oxygen atoms in total. The van der Waals surface area contributed by atoms with Crippen LogP contribution in [0.4, 0.5) is 65.4 Å². The average Bonchev–Trinajstić information content (AvgIpc) is 3.57. The van der Waals surface area contributed by atoms with Crippen LogP contribution >= 0.6 is 58.0 Å². The zero-order valence-corrected chi connectivity index (χ0v) is 26.7.